The minimum Gasteiger partial charge on any atom is -0.507 e. The van der Waals surface area contributed by atoms with Gasteiger partial charge in [-0.2, -0.15) is 5.10 Å². The van der Waals surface area contributed by atoms with Gasteiger partial charge in [-0.1, -0.05) is 48.5 Å². The number of fused-ring (bicyclic) bond motifs is 3. The van der Waals surface area contributed by atoms with Crippen LogP contribution in [0.2, 0.25) is 0 Å². The zero-order chi connectivity index (χ0) is 17.2. The topological polar surface area (TPSA) is 61.7 Å². The number of phenols is 1. The summed E-state index contributed by atoms with van der Waals surface area (Å²) in [6, 6.07) is 20.9. The molecule has 1 aliphatic carbocycles. The van der Waals surface area contributed by atoms with Crippen LogP contribution in [0.1, 0.15) is 27.0 Å². The molecule has 0 bridgehead atoms. The molecule has 3 aromatic rings. The number of carbonyl (C=O) groups excluding carboxylic acids is 1. The second kappa shape index (κ2) is 6.24. The number of hydrazone groups is 1. The van der Waals surface area contributed by atoms with Crippen molar-refractivity contribution in [2.75, 3.05) is 0 Å². The molecule has 1 aliphatic rings. The smallest absolute Gasteiger partial charge is 0.275 e. The molecule has 0 aliphatic heterocycles. The lowest BCUT2D eigenvalue weighted by molar-refractivity contribution is 0.0952. The van der Waals surface area contributed by atoms with Gasteiger partial charge >= 0.3 is 0 Å². The van der Waals surface area contributed by atoms with E-state index in [4.69, 9.17) is 0 Å². The van der Waals surface area contributed by atoms with Crippen LogP contribution >= 0.6 is 0 Å². The summed E-state index contributed by atoms with van der Waals surface area (Å²) in [5, 5.41) is 13.7. The summed E-state index contributed by atoms with van der Waals surface area (Å²) in [4.78, 5) is 12.0. The fourth-order valence-electron chi connectivity index (χ4n) is 3.14. The van der Waals surface area contributed by atoms with E-state index in [1.807, 2.05) is 6.07 Å². The van der Waals surface area contributed by atoms with Crippen LogP contribution in [-0.2, 0) is 6.42 Å². The van der Waals surface area contributed by atoms with Crippen LogP contribution < -0.4 is 5.43 Å². The maximum absolute atomic E-state index is 12.0. The molecule has 0 fully saturated rings. The maximum Gasteiger partial charge on any atom is 0.275 e. The van der Waals surface area contributed by atoms with Crippen molar-refractivity contribution >= 4 is 12.1 Å². The van der Waals surface area contributed by atoms with Crippen molar-refractivity contribution in [3.05, 3.63) is 89.0 Å². The lowest BCUT2D eigenvalue weighted by Crippen LogP contribution is -2.17. The average Bonchev–Trinajstić information content (AvgIpc) is 2.99. The van der Waals surface area contributed by atoms with Crippen LogP contribution in [0.25, 0.3) is 11.1 Å². The molecule has 0 saturated heterocycles. The summed E-state index contributed by atoms with van der Waals surface area (Å²) >= 11 is 0. The van der Waals surface area contributed by atoms with Gasteiger partial charge in [0.15, 0.2) is 0 Å². The molecule has 25 heavy (non-hydrogen) atoms. The molecule has 3 aromatic carbocycles. The summed E-state index contributed by atoms with van der Waals surface area (Å²) in [5.74, 6) is -0.506. The number of phenolic OH excluding ortho intramolecular Hbond substituents is 1. The van der Waals surface area contributed by atoms with Gasteiger partial charge < -0.3 is 5.11 Å². The van der Waals surface area contributed by atoms with Gasteiger partial charge in [0, 0.05) is 0 Å². The Kier molecular flexibility index (Phi) is 3.78. The third-order valence-corrected chi connectivity index (χ3v) is 4.35. The number of benzene rings is 3. The molecule has 4 heteroatoms. The van der Waals surface area contributed by atoms with Crippen LogP contribution in [-0.4, -0.2) is 17.2 Å². The van der Waals surface area contributed by atoms with Crippen molar-refractivity contribution in [1.82, 2.24) is 5.43 Å². The second-order valence-electron chi connectivity index (χ2n) is 5.97. The molecule has 0 aromatic heterocycles. The Hall–Kier alpha value is -3.40. The minimum absolute atomic E-state index is 0.0644. The fourth-order valence-corrected chi connectivity index (χ4v) is 3.14. The van der Waals surface area contributed by atoms with Gasteiger partial charge in [-0.3, -0.25) is 4.79 Å². The first kappa shape index (κ1) is 15.1. The maximum atomic E-state index is 12.0. The molecular formula is C21H16N2O2. The highest BCUT2D eigenvalue weighted by Crippen LogP contribution is 2.36. The highest BCUT2D eigenvalue weighted by atomic mass is 16.3. The Balaban J connectivity index is 1.49. The Bertz CT molecular complexity index is 993. The quantitative estimate of drug-likeness (QED) is 0.445. The van der Waals surface area contributed by atoms with Gasteiger partial charge in [-0.05, 0) is 52.4 Å². The monoisotopic (exact) mass is 328 g/mol. The molecule has 1 amide bonds. The lowest BCUT2D eigenvalue weighted by atomic mass is 10.0. The third kappa shape index (κ3) is 2.90. The number of nitrogens with zero attached hydrogens (tertiary/aromatic N) is 1. The second-order valence-corrected chi connectivity index (χ2v) is 5.97. The molecular weight excluding hydrogens is 312 g/mol. The highest BCUT2D eigenvalue weighted by molar-refractivity contribution is 5.97. The number of hydrogen-bond donors (Lipinski definition) is 2. The average molecular weight is 328 g/mol. The molecule has 0 unspecified atom stereocenters. The molecule has 122 valence electrons. The first-order valence-electron chi connectivity index (χ1n) is 8.05. The van der Waals surface area contributed by atoms with E-state index < -0.39 is 5.91 Å². The van der Waals surface area contributed by atoms with Crippen LogP contribution in [0.15, 0.2) is 71.8 Å². The summed E-state index contributed by atoms with van der Waals surface area (Å²) < 4.78 is 0. The summed E-state index contributed by atoms with van der Waals surface area (Å²) in [6.45, 7) is 0. The first-order valence-corrected chi connectivity index (χ1v) is 8.05. The number of para-hydroxylation sites is 1. The molecule has 4 rings (SSSR count). The largest absolute Gasteiger partial charge is 0.507 e. The summed E-state index contributed by atoms with van der Waals surface area (Å²) in [6.07, 6.45) is 2.53. The lowest BCUT2D eigenvalue weighted by Gasteiger charge is -2.03. The standard InChI is InChI=1S/C21H16N2O2/c24-20-8-4-3-7-19(20)21(25)23-22-13-14-9-10-18-16(11-14)12-15-5-1-2-6-17(15)18/h1-11,13,24H,12H2,(H,23,25)/b22-13+. The Morgan fingerprint density at radius 3 is 2.60 bits per heavy atom. The number of hydrogen-bond acceptors (Lipinski definition) is 3. The van der Waals surface area contributed by atoms with E-state index in [1.54, 1.807) is 24.4 Å². The Labute approximate surface area is 145 Å². The zero-order valence-corrected chi connectivity index (χ0v) is 13.4. The van der Waals surface area contributed by atoms with Crippen molar-refractivity contribution in [2.24, 2.45) is 5.10 Å². The van der Waals surface area contributed by atoms with E-state index in [1.165, 1.54) is 28.3 Å². The van der Waals surface area contributed by atoms with Crippen LogP contribution in [0.5, 0.6) is 5.75 Å². The van der Waals surface area contributed by atoms with E-state index >= 15 is 0 Å². The van der Waals surface area contributed by atoms with Gasteiger partial charge in [-0.25, -0.2) is 5.43 Å². The molecule has 0 atom stereocenters. The number of rotatable bonds is 3. The number of carbonyl (C=O) groups is 1. The first-order chi connectivity index (χ1) is 12.2. The van der Waals surface area contributed by atoms with Crippen molar-refractivity contribution in [2.45, 2.75) is 6.42 Å². The normalized spacial score (nSPS) is 12.0. The number of aromatic hydroxyl groups is 1. The summed E-state index contributed by atoms with van der Waals surface area (Å²) in [7, 11) is 0. The SMILES string of the molecule is O=C(N/N=C/c1ccc2c(c1)Cc1ccccc1-2)c1ccccc1O. The van der Waals surface area contributed by atoms with Gasteiger partial charge in [0.25, 0.3) is 5.91 Å². The van der Waals surface area contributed by atoms with Crippen molar-refractivity contribution in [3.63, 3.8) is 0 Å². The van der Waals surface area contributed by atoms with E-state index in [0.29, 0.717) is 0 Å². The van der Waals surface area contributed by atoms with Gasteiger partial charge in [-0.15, -0.1) is 0 Å². The highest BCUT2D eigenvalue weighted by Gasteiger charge is 2.17. The van der Waals surface area contributed by atoms with Crippen LogP contribution in [0.4, 0.5) is 0 Å². The van der Waals surface area contributed by atoms with Gasteiger partial charge in [0.2, 0.25) is 0 Å². The van der Waals surface area contributed by atoms with E-state index in [-0.39, 0.29) is 11.3 Å². The molecule has 0 spiro atoms. The predicted molar refractivity (Wildman–Crippen MR) is 97.9 cm³/mol. The van der Waals surface area contributed by atoms with Gasteiger partial charge in [0.05, 0.1) is 11.8 Å². The van der Waals surface area contributed by atoms with Crippen molar-refractivity contribution in [3.8, 4) is 16.9 Å². The molecule has 0 heterocycles. The Morgan fingerprint density at radius 2 is 1.72 bits per heavy atom. The van der Waals surface area contributed by atoms with Crippen LogP contribution in [0.3, 0.4) is 0 Å². The van der Waals surface area contributed by atoms with Crippen molar-refractivity contribution < 1.29 is 9.90 Å². The van der Waals surface area contributed by atoms with E-state index in [9.17, 15) is 9.90 Å². The zero-order valence-electron chi connectivity index (χ0n) is 13.4. The van der Waals surface area contributed by atoms with Crippen molar-refractivity contribution in [1.29, 1.82) is 0 Å². The van der Waals surface area contributed by atoms with Crippen LogP contribution in [0, 0.1) is 0 Å². The molecule has 0 saturated carbocycles. The summed E-state index contributed by atoms with van der Waals surface area (Å²) in [5.41, 5.74) is 8.70. The molecule has 4 nitrogen and oxygen atoms in total. The predicted octanol–water partition coefficient (Wildman–Crippen LogP) is 3.73. The minimum atomic E-state index is -0.442. The number of amides is 1. The third-order valence-electron chi connectivity index (χ3n) is 4.35. The number of nitrogens with one attached hydrogen (secondary N) is 1. The van der Waals surface area contributed by atoms with Gasteiger partial charge in [0.1, 0.15) is 5.75 Å². The van der Waals surface area contributed by atoms with E-state index in [0.717, 1.165) is 12.0 Å². The molecule has 0 radical (unpaired) electrons. The Morgan fingerprint density at radius 1 is 0.960 bits per heavy atom. The fraction of sp³-hybridized carbons (Fsp3) is 0.0476. The molecule has 2 N–H and O–H groups in total. The van der Waals surface area contributed by atoms with E-state index in [2.05, 4.69) is 46.9 Å².